The van der Waals surface area contributed by atoms with E-state index in [0.717, 1.165) is 12.8 Å². The van der Waals surface area contributed by atoms with Crippen molar-refractivity contribution in [3.63, 3.8) is 0 Å². The van der Waals surface area contributed by atoms with Crippen LogP contribution >= 0.6 is 0 Å². The van der Waals surface area contributed by atoms with Gasteiger partial charge in [-0.05, 0) is 18.6 Å². The Morgan fingerprint density at radius 2 is 2.00 bits per heavy atom. The van der Waals surface area contributed by atoms with Crippen LogP contribution < -0.4 is 10.6 Å². The highest BCUT2D eigenvalue weighted by Crippen LogP contribution is 2.17. The van der Waals surface area contributed by atoms with Crippen molar-refractivity contribution in [2.75, 3.05) is 25.6 Å². The summed E-state index contributed by atoms with van der Waals surface area (Å²) in [6.07, 6.45) is 2.95. The fraction of sp³-hybridized carbons (Fsp3) is 0.368. The Bertz CT molecular complexity index is 737. The lowest BCUT2D eigenvalue weighted by Crippen LogP contribution is -2.20. The number of ether oxygens (including phenoxy) is 2. The molecule has 0 saturated heterocycles. The molecule has 144 valence electrons. The van der Waals surface area contributed by atoms with Crippen LogP contribution in [0.25, 0.3) is 0 Å². The molecule has 0 heterocycles. The second kappa shape index (κ2) is 12.1. The summed E-state index contributed by atoms with van der Waals surface area (Å²) in [4.78, 5) is 35.5. The van der Waals surface area contributed by atoms with Crippen molar-refractivity contribution < 1.29 is 23.9 Å². The van der Waals surface area contributed by atoms with Gasteiger partial charge in [0.25, 0.3) is 5.91 Å². The molecule has 0 aliphatic heterocycles. The summed E-state index contributed by atoms with van der Waals surface area (Å²) in [5.74, 6) is -1.63. The Hall–Kier alpha value is -3.34. The lowest BCUT2D eigenvalue weighted by Gasteiger charge is -2.10. The molecule has 1 rings (SSSR count). The van der Waals surface area contributed by atoms with Crippen LogP contribution in [0.4, 0.5) is 5.69 Å². The van der Waals surface area contributed by atoms with E-state index in [1.165, 1.54) is 19.4 Å². The minimum Gasteiger partial charge on any atom is -0.469 e. The van der Waals surface area contributed by atoms with Gasteiger partial charge in [-0.25, -0.2) is 4.79 Å². The summed E-state index contributed by atoms with van der Waals surface area (Å²) < 4.78 is 9.66. The highest BCUT2D eigenvalue weighted by molar-refractivity contribution is 6.09. The molecule has 0 atom stereocenters. The van der Waals surface area contributed by atoms with E-state index in [-0.39, 0.29) is 29.8 Å². The van der Waals surface area contributed by atoms with Gasteiger partial charge in [-0.3, -0.25) is 9.59 Å². The van der Waals surface area contributed by atoms with Crippen molar-refractivity contribution >= 4 is 23.5 Å². The maximum atomic E-state index is 12.3. The zero-order valence-corrected chi connectivity index (χ0v) is 15.4. The van der Waals surface area contributed by atoms with Crippen molar-refractivity contribution in [3.05, 3.63) is 41.6 Å². The number of nitrogens with one attached hydrogen (secondary N) is 2. The molecule has 0 aliphatic rings. The minimum absolute atomic E-state index is 0.0970. The van der Waals surface area contributed by atoms with Crippen LogP contribution in [0, 0.1) is 11.3 Å². The summed E-state index contributed by atoms with van der Waals surface area (Å²) in [6, 6.07) is 8.16. The van der Waals surface area contributed by atoms with Gasteiger partial charge in [0.2, 0.25) is 0 Å². The first-order valence-corrected chi connectivity index (χ1v) is 8.51. The van der Waals surface area contributed by atoms with E-state index in [9.17, 15) is 14.4 Å². The third-order valence-electron chi connectivity index (χ3n) is 3.44. The van der Waals surface area contributed by atoms with E-state index in [4.69, 9.17) is 10.00 Å². The van der Waals surface area contributed by atoms with Gasteiger partial charge in [-0.15, -0.1) is 0 Å². The molecule has 0 aromatic heterocycles. The summed E-state index contributed by atoms with van der Waals surface area (Å²) in [5, 5.41) is 14.4. The van der Waals surface area contributed by atoms with Crippen molar-refractivity contribution in [2.45, 2.75) is 26.2 Å². The third kappa shape index (κ3) is 7.61. The van der Waals surface area contributed by atoms with Gasteiger partial charge in [0.15, 0.2) is 0 Å². The number of para-hydroxylation sites is 1. The zero-order valence-electron chi connectivity index (χ0n) is 15.4. The van der Waals surface area contributed by atoms with Crippen LogP contribution in [0.2, 0.25) is 0 Å². The average Bonchev–Trinajstić information content (AvgIpc) is 2.68. The quantitative estimate of drug-likeness (QED) is 0.279. The number of carbonyl (C=O) groups excluding carboxylic acids is 3. The average molecular weight is 373 g/mol. The van der Waals surface area contributed by atoms with E-state index < -0.39 is 17.8 Å². The maximum Gasteiger partial charge on any atom is 0.340 e. The van der Waals surface area contributed by atoms with Crippen molar-refractivity contribution in [1.82, 2.24) is 5.32 Å². The molecule has 2 N–H and O–H groups in total. The number of anilines is 1. The molecule has 0 unspecified atom stereocenters. The largest absolute Gasteiger partial charge is 0.469 e. The van der Waals surface area contributed by atoms with Crippen LogP contribution in [-0.2, 0) is 19.1 Å². The van der Waals surface area contributed by atoms with Crippen LogP contribution in [0.1, 0.15) is 36.5 Å². The fourth-order valence-corrected chi connectivity index (χ4v) is 1.95. The van der Waals surface area contributed by atoms with Crippen LogP contribution in [-0.4, -0.2) is 38.1 Å². The third-order valence-corrected chi connectivity index (χ3v) is 3.44. The first kappa shape index (κ1) is 21.7. The summed E-state index contributed by atoms with van der Waals surface area (Å²) in [7, 11) is 1.27. The summed E-state index contributed by atoms with van der Waals surface area (Å²) in [5.41, 5.74) is 0.256. The monoisotopic (exact) mass is 373 g/mol. The van der Waals surface area contributed by atoms with Gasteiger partial charge in [0.05, 0.1) is 31.4 Å². The van der Waals surface area contributed by atoms with Crippen molar-refractivity contribution in [2.24, 2.45) is 0 Å². The van der Waals surface area contributed by atoms with E-state index in [0.29, 0.717) is 6.61 Å². The van der Waals surface area contributed by atoms with E-state index in [2.05, 4.69) is 15.4 Å². The Morgan fingerprint density at radius 1 is 1.26 bits per heavy atom. The molecule has 0 fully saturated rings. The highest BCUT2D eigenvalue weighted by Gasteiger charge is 2.16. The number of amides is 1. The SMILES string of the molecule is CCCCOC(=O)c1ccccc1NC(=O)/C(C#N)=C\NCCC(=O)OC. The second-order valence-electron chi connectivity index (χ2n) is 5.44. The molecule has 27 heavy (non-hydrogen) atoms. The minimum atomic E-state index is -0.683. The molecule has 0 radical (unpaired) electrons. The standard InChI is InChI=1S/C19H23N3O5/c1-3-4-11-27-19(25)15-7-5-6-8-16(15)22-18(24)14(12-20)13-21-10-9-17(23)26-2/h5-8,13,21H,3-4,9-11H2,1-2H3,(H,22,24)/b14-13-. The lowest BCUT2D eigenvalue weighted by atomic mass is 10.1. The Balaban J connectivity index is 2.75. The van der Waals surface area contributed by atoms with Gasteiger partial charge in [0.1, 0.15) is 11.6 Å². The van der Waals surface area contributed by atoms with Crippen molar-refractivity contribution in [3.8, 4) is 6.07 Å². The van der Waals surface area contributed by atoms with Crippen molar-refractivity contribution in [1.29, 1.82) is 5.26 Å². The molecule has 0 bridgehead atoms. The first-order chi connectivity index (χ1) is 13.0. The Labute approximate surface area is 158 Å². The molecular weight excluding hydrogens is 350 g/mol. The number of rotatable bonds is 10. The number of hydrogen-bond donors (Lipinski definition) is 2. The molecule has 8 nitrogen and oxygen atoms in total. The number of esters is 2. The van der Waals surface area contributed by atoms with Crippen LogP contribution in [0.5, 0.6) is 0 Å². The predicted octanol–water partition coefficient (Wildman–Crippen LogP) is 2.14. The number of nitrogens with zero attached hydrogens (tertiary/aromatic N) is 1. The molecule has 1 amide bonds. The first-order valence-electron chi connectivity index (χ1n) is 8.51. The van der Waals surface area contributed by atoms with E-state index in [1.807, 2.05) is 6.92 Å². The van der Waals surface area contributed by atoms with Gasteiger partial charge in [-0.1, -0.05) is 25.5 Å². The smallest absolute Gasteiger partial charge is 0.340 e. The lowest BCUT2D eigenvalue weighted by molar-refractivity contribution is -0.140. The fourth-order valence-electron chi connectivity index (χ4n) is 1.95. The Morgan fingerprint density at radius 3 is 2.67 bits per heavy atom. The molecule has 8 heteroatoms. The van der Waals surface area contributed by atoms with Gasteiger partial charge < -0.3 is 20.1 Å². The number of methoxy groups -OCH3 is 1. The van der Waals surface area contributed by atoms with E-state index in [1.54, 1.807) is 24.3 Å². The topological polar surface area (TPSA) is 118 Å². The molecule has 1 aromatic rings. The number of carbonyl (C=O) groups is 3. The van der Waals surface area contributed by atoms with Crippen LogP contribution in [0.15, 0.2) is 36.0 Å². The number of unbranched alkanes of at least 4 members (excludes halogenated alkanes) is 1. The molecule has 0 spiro atoms. The maximum absolute atomic E-state index is 12.3. The molecule has 0 saturated carbocycles. The van der Waals surface area contributed by atoms with E-state index >= 15 is 0 Å². The molecule has 0 aliphatic carbocycles. The number of nitriles is 1. The summed E-state index contributed by atoms with van der Waals surface area (Å²) >= 11 is 0. The van der Waals surface area contributed by atoms with Gasteiger partial charge >= 0.3 is 11.9 Å². The van der Waals surface area contributed by atoms with Gasteiger partial charge in [0, 0.05) is 12.7 Å². The number of benzene rings is 1. The zero-order chi connectivity index (χ0) is 20.1. The van der Waals surface area contributed by atoms with Gasteiger partial charge in [-0.2, -0.15) is 5.26 Å². The number of hydrogen-bond acceptors (Lipinski definition) is 7. The van der Waals surface area contributed by atoms with Crippen LogP contribution in [0.3, 0.4) is 0 Å². The molecular formula is C19H23N3O5. The normalized spacial score (nSPS) is 10.5. The second-order valence-corrected chi connectivity index (χ2v) is 5.44. The summed E-state index contributed by atoms with van der Waals surface area (Å²) in [6.45, 7) is 2.49. The Kier molecular flexibility index (Phi) is 9.71. The molecule has 1 aromatic carbocycles. The highest BCUT2D eigenvalue weighted by atomic mass is 16.5. The predicted molar refractivity (Wildman–Crippen MR) is 98.6 cm³/mol.